The van der Waals surface area contributed by atoms with Crippen LogP contribution in [0.2, 0.25) is 0 Å². The van der Waals surface area contributed by atoms with Gasteiger partial charge in [0.25, 0.3) is 0 Å². The summed E-state index contributed by atoms with van der Waals surface area (Å²) in [7, 11) is 0. The molecular weight excluding hydrogens is 414 g/mol. The second-order valence-electron chi connectivity index (χ2n) is 7.66. The van der Waals surface area contributed by atoms with E-state index in [4.69, 9.17) is 9.72 Å². The highest BCUT2D eigenvalue weighted by Crippen LogP contribution is 2.35. The van der Waals surface area contributed by atoms with E-state index in [-0.39, 0.29) is 0 Å². The van der Waals surface area contributed by atoms with Crippen molar-refractivity contribution in [2.45, 2.75) is 26.7 Å². The first-order chi connectivity index (χ1) is 16.1. The summed E-state index contributed by atoms with van der Waals surface area (Å²) in [5.41, 5.74) is 3.22. The predicted molar refractivity (Wildman–Crippen MR) is 131 cm³/mol. The third-order valence-electron chi connectivity index (χ3n) is 5.44. The fraction of sp³-hybridized carbons (Fsp3) is 0.185. The molecule has 4 aromatic rings. The lowest BCUT2D eigenvalue weighted by Gasteiger charge is -2.19. The summed E-state index contributed by atoms with van der Waals surface area (Å²) >= 11 is 0. The first-order valence-electron chi connectivity index (χ1n) is 10.9. The zero-order chi connectivity index (χ0) is 23.4. The Morgan fingerprint density at radius 2 is 1.73 bits per heavy atom. The van der Waals surface area contributed by atoms with E-state index >= 15 is 0 Å². The molecule has 0 atom stereocenters. The summed E-state index contributed by atoms with van der Waals surface area (Å²) in [5.74, 6) is -0.469. The Morgan fingerprint density at radius 3 is 2.36 bits per heavy atom. The van der Waals surface area contributed by atoms with Crippen LogP contribution in [-0.4, -0.2) is 27.1 Å². The van der Waals surface area contributed by atoms with Gasteiger partial charge in [0.15, 0.2) is 5.65 Å². The second-order valence-corrected chi connectivity index (χ2v) is 7.66. The minimum Gasteiger partial charge on any atom is -0.462 e. The highest BCUT2D eigenvalue weighted by Gasteiger charge is 2.26. The van der Waals surface area contributed by atoms with Crippen molar-refractivity contribution in [3.8, 4) is 16.8 Å². The molecule has 166 valence electrons. The van der Waals surface area contributed by atoms with E-state index in [2.05, 4.69) is 11.6 Å². The average molecular weight is 440 g/mol. The molecule has 2 heterocycles. The van der Waals surface area contributed by atoms with E-state index in [0.29, 0.717) is 45.8 Å². The number of benzene rings is 2. The molecule has 4 rings (SSSR count). The van der Waals surface area contributed by atoms with Gasteiger partial charge in [-0.25, -0.2) is 19.1 Å². The van der Waals surface area contributed by atoms with E-state index in [1.54, 1.807) is 6.92 Å². The third-order valence-corrected chi connectivity index (χ3v) is 5.44. The van der Waals surface area contributed by atoms with Gasteiger partial charge in [0.2, 0.25) is 0 Å². The Bertz CT molecular complexity index is 1380. The second kappa shape index (κ2) is 9.61. The van der Waals surface area contributed by atoms with Crippen LogP contribution < -0.4 is 5.69 Å². The van der Waals surface area contributed by atoms with Gasteiger partial charge in [-0.2, -0.15) is 4.98 Å². The number of nitrogens with zero attached hydrogens (tertiary/aromatic N) is 3. The number of ether oxygens (including phenoxy) is 1. The molecule has 2 aromatic heterocycles. The molecule has 0 N–H and O–H groups in total. The number of hydrogen-bond donors (Lipinski definition) is 0. The van der Waals surface area contributed by atoms with Gasteiger partial charge in [0, 0.05) is 10.9 Å². The normalized spacial score (nSPS) is 10.8. The molecule has 0 fully saturated rings. The molecular formula is C27H25N3O3. The minimum atomic E-state index is -0.469. The lowest BCUT2D eigenvalue weighted by Crippen LogP contribution is -2.25. The number of carbonyl (C=O) groups excluding carboxylic acids is 1. The van der Waals surface area contributed by atoms with Crippen LogP contribution in [-0.2, 0) is 4.74 Å². The SMILES string of the molecule is C=Cc1nc2c(c(C)nc(=O)n2-c2ccccc2)c(-c2ccccc2)c1C(=O)OCCCC. The Morgan fingerprint density at radius 1 is 1.06 bits per heavy atom. The quantitative estimate of drug-likeness (QED) is 0.286. The number of carbonyl (C=O) groups is 1. The largest absolute Gasteiger partial charge is 0.462 e. The first kappa shape index (κ1) is 22.1. The van der Waals surface area contributed by atoms with Crippen LogP contribution in [0.1, 0.15) is 41.5 Å². The van der Waals surface area contributed by atoms with Crippen molar-refractivity contribution in [3.63, 3.8) is 0 Å². The molecule has 2 aromatic carbocycles. The van der Waals surface area contributed by atoms with E-state index in [1.165, 1.54) is 10.6 Å². The number of fused-ring (bicyclic) bond motifs is 1. The molecule has 33 heavy (non-hydrogen) atoms. The summed E-state index contributed by atoms with van der Waals surface area (Å²) in [6.07, 6.45) is 3.21. The standard InChI is InChI=1S/C27H25N3O3/c1-4-6-17-33-26(31)24-21(5-2)29-25-22(23(24)19-13-9-7-10-14-19)18(3)28-27(32)30(25)20-15-11-8-12-16-20/h5,7-16H,2,4,6,17H2,1,3H3. The Kier molecular flexibility index (Phi) is 6.45. The van der Waals surface area contributed by atoms with Gasteiger partial charge in [-0.3, -0.25) is 0 Å². The van der Waals surface area contributed by atoms with Crippen molar-refractivity contribution < 1.29 is 9.53 Å². The van der Waals surface area contributed by atoms with Crippen LogP contribution in [0.4, 0.5) is 0 Å². The van der Waals surface area contributed by atoms with Gasteiger partial charge >= 0.3 is 11.7 Å². The lowest BCUT2D eigenvalue weighted by molar-refractivity contribution is 0.0500. The molecule has 0 bridgehead atoms. The monoisotopic (exact) mass is 439 g/mol. The van der Waals surface area contributed by atoms with Crippen molar-refractivity contribution in [1.82, 2.24) is 14.5 Å². The summed E-state index contributed by atoms with van der Waals surface area (Å²) in [4.78, 5) is 35.3. The summed E-state index contributed by atoms with van der Waals surface area (Å²) < 4.78 is 7.05. The van der Waals surface area contributed by atoms with E-state index in [1.807, 2.05) is 67.6 Å². The maximum absolute atomic E-state index is 13.3. The maximum atomic E-state index is 13.3. The fourth-order valence-corrected chi connectivity index (χ4v) is 3.87. The van der Waals surface area contributed by atoms with Crippen molar-refractivity contribution in [2.24, 2.45) is 0 Å². The first-order valence-corrected chi connectivity index (χ1v) is 10.9. The Labute approximate surface area is 192 Å². The molecule has 0 unspecified atom stereocenters. The molecule has 0 spiro atoms. The number of hydrogen-bond acceptors (Lipinski definition) is 5. The third kappa shape index (κ3) is 4.20. The van der Waals surface area contributed by atoms with Gasteiger partial charge in [0.05, 0.1) is 29.2 Å². The number of aromatic nitrogens is 3. The van der Waals surface area contributed by atoms with Gasteiger partial charge in [-0.05, 0) is 37.1 Å². The molecule has 0 saturated heterocycles. The zero-order valence-electron chi connectivity index (χ0n) is 18.7. The number of unbranched alkanes of at least 4 members (excludes halogenated alkanes) is 1. The van der Waals surface area contributed by atoms with Crippen LogP contribution >= 0.6 is 0 Å². The van der Waals surface area contributed by atoms with Crippen molar-refractivity contribution >= 4 is 23.1 Å². The molecule has 0 aliphatic heterocycles. The number of para-hydroxylation sites is 1. The summed E-state index contributed by atoms with van der Waals surface area (Å²) in [5, 5.41) is 0.623. The Hall–Kier alpha value is -4.06. The average Bonchev–Trinajstić information content (AvgIpc) is 2.84. The Balaban J connectivity index is 2.14. The molecule has 0 radical (unpaired) electrons. The molecule has 6 heteroatoms. The molecule has 0 saturated carbocycles. The summed E-state index contributed by atoms with van der Waals surface area (Å²) in [6.45, 7) is 8.00. The lowest BCUT2D eigenvalue weighted by atomic mass is 9.94. The van der Waals surface area contributed by atoms with Crippen molar-refractivity contribution in [3.05, 3.63) is 94.7 Å². The highest BCUT2D eigenvalue weighted by molar-refractivity contribution is 6.09. The van der Waals surface area contributed by atoms with Crippen LogP contribution in [0.15, 0.2) is 72.0 Å². The van der Waals surface area contributed by atoms with E-state index < -0.39 is 11.7 Å². The highest BCUT2D eigenvalue weighted by atomic mass is 16.5. The van der Waals surface area contributed by atoms with Gasteiger partial charge in [0.1, 0.15) is 0 Å². The number of rotatable bonds is 7. The predicted octanol–water partition coefficient (Wildman–Crippen LogP) is 5.36. The number of esters is 1. The molecule has 0 amide bonds. The maximum Gasteiger partial charge on any atom is 0.354 e. The molecule has 6 nitrogen and oxygen atoms in total. The number of pyridine rings is 1. The van der Waals surface area contributed by atoms with Crippen LogP contribution in [0.5, 0.6) is 0 Å². The fourth-order valence-electron chi connectivity index (χ4n) is 3.87. The minimum absolute atomic E-state index is 0.318. The van der Waals surface area contributed by atoms with Gasteiger partial charge in [-0.15, -0.1) is 0 Å². The molecule has 0 aliphatic carbocycles. The van der Waals surface area contributed by atoms with E-state index in [0.717, 1.165) is 18.4 Å². The van der Waals surface area contributed by atoms with Crippen molar-refractivity contribution in [1.29, 1.82) is 0 Å². The van der Waals surface area contributed by atoms with E-state index in [9.17, 15) is 9.59 Å². The summed E-state index contributed by atoms with van der Waals surface area (Å²) in [6, 6.07) is 18.8. The smallest absolute Gasteiger partial charge is 0.354 e. The van der Waals surface area contributed by atoms with Crippen LogP contribution in [0, 0.1) is 6.92 Å². The zero-order valence-corrected chi connectivity index (χ0v) is 18.7. The van der Waals surface area contributed by atoms with Gasteiger partial charge in [-0.1, -0.05) is 68.5 Å². The van der Waals surface area contributed by atoms with Gasteiger partial charge < -0.3 is 4.74 Å². The van der Waals surface area contributed by atoms with Crippen LogP contribution in [0.3, 0.4) is 0 Å². The molecule has 0 aliphatic rings. The topological polar surface area (TPSA) is 74.1 Å². The number of aryl methyl sites for hydroxylation is 1. The van der Waals surface area contributed by atoms with Crippen LogP contribution in [0.25, 0.3) is 33.9 Å². The van der Waals surface area contributed by atoms with Crippen molar-refractivity contribution in [2.75, 3.05) is 6.61 Å².